The highest BCUT2D eigenvalue weighted by Gasteiger charge is 2.20. The minimum absolute atomic E-state index is 0.118. The van der Waals surface area contributed by atoms with Gasteiger partial charge in [-0.2, -0.15) is 4.98 Å². The molecule has 6 heteroatoms. The summed E-state index contributed by atoms with van der Waals surface area (Å²) in [6.45, 7) is 7.53. The number of carbonyl (C=O) groups excluding carboxylic acids is 1. The molecule has 20 heavy (non-hydrogen) atoms. The Hall–Kier alpha value is -2.24. The van der Waals surface area contributed by atoms with Crippen molar-refractivity contribution in [1.29, 1.82) is 0 Å². The molecule has 1 amide bonds. The molecule has 1 atom stereocenters. The molecule has 0 radical (unpaired) electrons. The number of anilines is 2. The van der Waals surface area contributed by atoms with Crippen LogP contribution in [0, 0.1) is 0 Å². The van der Waals surface area contributed by atoms with E-state index in [1.54, 1.807) is 25.1 Å². The molecular weight excluding hydrogens is 256 g/mol. The minimum atomic E-state index is -0.455. The van der Waals surface area contributed by atoms with Crippen LogP contribution in [0.25, 0.3) is 11.1 Å². The fraction of sp³-hybridized carbons (Fsp3) is 0.429. The zero-order valence-electron chi connectivity index (χ0n) is 12.2. The Kier molecular flexibility index (Phi) is 3.57. The zero-order chi connectivity index (χ0) is 14.9. The molecule has 2 rings (SSSR count). The van der Waals surface area contributed by atoms with Crippen molar-refractivity contribution in [2.75, 3.05) is 11.1 Å². The topological polar surface area (TPSA) is 93.2 Å². The number of nitrogens with one attached hydrogen (secondary N) is 2. The lowest BCUT2D eigenvalue weighted by molar-refractivity contribution is -0.122. The maximum Gasteiger partial charge on any atom is 0.296 e. The molecule has 0 saturated heterocycles. The molecule has 108 valence electrons. The van der Waals surface area contributed by atoms with E-state index in [4.69, 9.17) is 10.2 Å². The van der Waals surface area contributed by atoms with Gasteiger partial charge in [0, 0.05) is 5.54 Å². The van der Waals surface area contributed by atoms with Gasteiger partial charge in [-0.15, -0.1) is 0 Å². The van der Waals surface area contributed by atoms with Crippen LogP contribution in [0.1, 0.15) is 27.7 Å². The van der Waals surface area contributed by atoms with Crippen LogP contribution < -0.4 is 16.4 Å². The Morgan fingerprint density at radius 1 is 1.40 bits per heavy atom. The summed E-state index contributed by atoms with van der Waals surface area (Å²) in [7, 11) is 0. The second kappa shape index (κ2) is 5.03. The normalized spacial score (nSPS) is 13.2. The second-order valence-electron chi connectivity index (χ2n) is 5.82. The number of rotatable bonds is 3. The first-order chi connectivity index (χ1) is 9.26. The summed E-state index contributed by atoms with van der Waals surface area (Å²) in [5.41, 5.74) is 7.27. The smallest absolute Gasteiger partial charge is 0.296 e. The van der Waals surface area contributed by atoms with Crippen LogP contribution in [0.15, 0.2) is 22.6 Å². The maximum atomic E-state index is 12.0. The van der Waals surface area contributed by atoms with Crippen molar-refractivity contribution in [3.8, 4) is 0 Å². The van der Waals surface area contributed by atoms with E-state index in [2.05, 4.69) is 15.6 Å². The third-order valence-electron chi connectivity index (χ3n) is 2.68. The van der Waals surface area contributed by atoms with Crippen molar-refractivity contribution in [2.24, 2.45) is 0 Å². The molecule has 6 nitrogen and oxygen atoms in total. The van der Waals surface area contributed by atoms with Gasteiger partial charge < -0.3 is 20.8 Å². The first-order valence-corrected chi connectivity index (χ1v) is 6.50. The van der Waals surface area contributed by atoms with E-state index in [0.717, 1.165) is 0 Å². The average molecular weight is 276 g/mol. The number of carbonyl (C=O) groups is 1. The van der Waals surface area contributed by atoms with Crippen molar-refractivity contribution >= 4 is 28.7 Å². The van der Waals surface area contributed by atoms with Crippen LogP contribution in [-0.2, 0) is 4.79 Å². The van der Waals surface area contributed by atoms with Crippen molar-refractivity contribution in [3.05, 3.63) is 18.2 Å². The molecule has 1 aromatic carbocycles. The summed E-state index contributed by atoms with van der Waals surface area (Å²) in [5, 5.41) is 5.82. The number of nitrogen functional groups attached to an aromatic ring is 1. The van der Waals surface area contributed by atoms with Gasteiger partial charge in [-0.05, 0) is 39.8 Å². The van der Waals surface area contributed by atoms with Crippen molar-refractivity contribution in [2.45, 2.75) is 39.3 Å². The third-order valence-corrected chi connectivity index (χ3v) is 2.68. The Balaban J connectivity index is 2.12. The number of amides is 1. The predicted octanol–water partition coefficient (Wildman–Crippen LogP) is 2.13. The average Bonchev–Trinajstić information content (AvgIpc) is 2.70. The van der Waals surface area contributed by atoms with Crippen LogP contribution in [0.4, 0.5) is 11.7 Å². The zero-order valence-corrected chi connectivity index (χ0v) is 12.2. The highest BCUT2D eigenvalue weighted by Crippen LogP contribution is 2.23. The van der Waals surface area contributed by atoms with E-state index < -0.39 is 6.04 Å². The van der Waals surface area contributed by atoms with Crippen LogP contribution >= 0.6 is 0 Å². The fourth-order valence-corrected chi connectivity index (χ4v) is 1.76. The van der Waals surface area contributed by atoms with Gasteiger partial charge in [0.2, 0.25) is 5.91 Å². The number of oxazole rings is 1. The van der Waals surface area contributed by atoms with Gasteiger partial charge in [0.1, 0.15) is 11.6 Å². The Morgan fingerprint density at radius 2 is 2.10 bits per heavy atom. The van der Waals surface area contributed by atoms with Gasteiger partial charge in [-0.3, -0.25) is 4.79 Å². The maximum absolute atomic E-state index is 12.0. The largest absolute Gasteiger partial charge is 0.423 e. The molecule has 0 aliphatic carbocycles. The molecule has 1 aromatic heterocycles. The number of hydrogen-bond donors (Lipinski definition) is 3. The summed E-state index contributed by atoms with van der Waals surface area (Å²) in [6, 6.07) is 5.16. The highest BCUT2D eigenvalue weighted by molar-refractivity contribution is 5.87. The lowest BCUT2D eigenvalue weighted by Gasteiger charge is -2.23. The van der Waals surface area contributed by atoms with Crippen molar-refractivity contribution < 1.29 is 9.21 Å². The number of nitrogens with zero attached hydrogens (tertiary/aromatic N) is 1. The monoisotopic (exact) mass is 276 g/mol. The van der Waals surface area contributed by atoms with E-state index >= 15 is 0 Å². The van der Waals surface area contributed by atoms with E-state index in [-0.39, 0.29) is 17.5 Å². The molecule has 0 aliphatic heterocycles. The summed E-state index contributed by atoms with van der Waals surface area (Å²) in [4.78, 5) is 16.2. The quantitative estimate of drug-likeness (QED) is 0.747. The number of para-hydroxylation sites is 1. The van der Waals surface area contributed by atoms with Crippen LogP contribution in [-0.4, -0.2) is 22.5 Å². The molecule has 4 N–H and O–H groups in total. The number of benzene rings is 1. The molecule has 0 spiro atoms. The summed E-state index contributed by atoms with van der Waals surface area (Å²) < 4.78 is 5.52. The molecule has 2 aromatic rings. The van der Waals surface area contributed by atoms with E-state index in [0.29, 0.717) is 16.8 Å². The molecule has 0 bridgehead atoms. The van der Waals surface area contributed by atoms with E-state index in [1.807, 2.05) is 20.8 Å². The third kappa shape index (κ3) is 3.20. The highest BCUT2D eigenvalue weighted by atomic mass is 16.4. The first-order valence-electron chi connectivity index (χ1n) is 6.50. The molecule has 1 unspecified atom stereocenters. The SMILES string of the molecule is CC(Nc1nc2c(N)cccc2o1)C(=O)NC(C)(C)C. The van der Waals surface area contributed by atoms with Crippen LogP contribution in [0.5, 0.6) is 0 Å². The molecule has 1 heterocycles. The van der Waals surface area contributed by atoms with Gasteiger partial charge in [-0.25, -0.2) is 0 Å². The van der Waals surface area contributed by atoms with Gasteiger partial charge in [0.25, 0.3) is 6.01 Å². The van der Waals surface area contributed by atoms with Gasteiger partial charge in [0.15, 0.2) is 5.58 Å². The lowest BCUT2D eigenvalue weighted by Crippen LogP contribution is -2.47. The van der Waals surface area contributed by atoms with Gasteiger partial charge >= 0.3 is 0 Å². The van der Waals surface area contributed by atoms with Crippen LogP contribution in [0.3, 0.4) is 0 Å². The standard InChI is InChI=1S/C14H20N4O2/c1-8(12(19)18-14(2,3)4)16-13-17-11-9(15)6-5-7-10(11)20-13/h5-8H,15H2,1-4H3,(H,16,17)(H,18,19). The van der Waals surface area contributed by atoms with E-state index in [9.17, 15) is 4.79 Å². The summed E-state index contributed by atoms with van der Waals surface area (Å²) in [6.07, 6.45) is 0. The Labute approximate surface area is 117 Å². The summed E-state index contributed by atoms with van der Waals surface area (Å²) >= 11 is 0. The molecular formula is C14H20N4O2. The Bertz CT molecular complexity index is 628. The van der Waals surface area contributed by atoms with Gasteiger partial charge in [-0.1, -0.05) is 6.07 Å². The number of fused-ring (bicyclic) bond motifs is 1. The van der Waals surface area contributed by atoms with Crippen molar-refractivity contribution in [1.82, 2.24) is 10.3 Å². The first kappa shape index (κ1) is 14.2. The number of hydrogen-bond acceptors (Lipinski definition) is 5. The van der Waals surface area contributed by atoms with Gasteiger partial charge in [0.05, 0.1) is 5.69 Å². The summed E-state index contributed by atoms with van der Waals surface area (Å²) in [5.74, 6) is -0.118. The number of aromatic nitrogens is 1. The predicted molar refractivity (Wildman–Crippen MR) is 79.4 cm³/mol. The minimum Gasteiger partial charge on any atom is -0.423 e. The molecule has 0 saturated carbocycles. The fourth-order valence-electron chi connectivity index (χ4n) is 1.76. The second-order valence-corrected chi connectivity index (χ2v) is 5.82. The lowest BCUT2D eigenvalue weighted by atomic mass is 10.1. The molecule has 0 aliphatic rings. The number of nitrogens with two attached hydrogens (primary N) is 1. The van der Waals surface area contributed by atoms with E-state index in [1.165, 1.54) is 0 Å². The van der Waals surface area contributed by atoms with Crippen molar-refractivity contribution in [3.63, 3.8) is 0 Å². The van der Waals surface area contributed by atoms with Crippen LogP contribution in [0.2, 0.25) is 0 Å². The Morgan fingerprint density at radius 3 is 2.70 bits per heavy atom. The molecule has 0 fully saturated rings.